The van der Waals surface area contributed by atoms with Gasteiger partial charge in [0.1, 0.15) is 90.7 Å². The van der Waals surface area contributed by atoms with Crippen LogP contribution in [-0.2, 0) is 0 Å². The fourth-order valence-corrected chi connectivity index (χ4v) is 17.4. The molecule has 4 aliphatic heterocycles. The Hall–Kier alpha value is -10.4. The average Bonchev–Trinajstić information content (AvgIpc) is 0.716. The summed E-state index contributed by atoms with van der Waals surface area (Å²) in [4.78, 5) is 0. The molecule has 4 aromatic rings. The molecule has 148 heavy (non-hydrogen) atoms. The predicted octanol–water partition coefficient (Wildman–Crippen LogP) is 31.7. The van der Waals surface area contributed by atoms with Crippen molar-refractivity contribution in [2.24, 2.45) is 54.7 Å². The van der Waals surface area contributed by atoms with E-state index in [2.05, 4.69) is 363 Å². The quantitative estimate of drug-likeness (QED) is 0.0286. The molecule has 802 valence electrons. The number of ether oxygens (including phenoxy) is 8. The molecule has 8 bridgehead atoms. The Morgan fingerprint density at radius 2 is 0.405 bits per heavy atom. The molecule has 4 heterocycles. The maximum atomic E-state index is 11.2. The predicted molar refractivity (Wildman–Crippen MR) is 610 cm³/mol. The van der Waals surface area contributed by atoms with Crippen LogP contribution in [0.1, 0.15) is 496 Å². The monoisotopic (exact) mass is 2010 g/mol. The molecular weight excluding hydrogens is 1830 g/mol. The number of rotatable bonds is 22. The van der Waals surface area contributed by atoms with Gasteiger partial charge < -0.3 is 63.4 Å². The van der Waals surface area contributed by atoms with Gasteiger partial charge in [0.25, 0.3) is 0 Å². The number of aliphatic hydroxyl groups is 5. The van der Waals surface area contributed by atoms with Crippen molar-refractivity contribution >= 4 is 0 Å². The second-order valence-electron chi connectivity index (χ2n) is 52.6. The minimum atomic E-state index is -1.29. The van der Waals surface area contributed by atoms with E-state index in [0.717, 1.165) is 147 Å². The molecule has 0 saturated heterocycles. The second-order valence-corrected chi connectivity index (χ2v) is 52.6. The lowest BCUT2D eigenvalue weighted by atomic mass is 9.74. The number of unbranched alkanes of at least 4 members (excludes halogenated alkanes) is 12. The highest BCUT2D eigenvalue weighted by molar-refractivity contribution is 5.76. The Morgan fingerprint density at radius 1 is 0.250 bits per heavy atom. The van der Waals surface area contributed by atoms with E-state index in [0.29, 0.717) is 144 Å². The van der Waals surface area contributed by atoms with Gasteiger partial charge in [-0.2, -0.15) is 0 Å². The third kappa shape index (κ3) is 34.6. The van der Waals surface area contributed by atoms with E-state index in [1.54, 1.807) is 55.4 Å². The highest BCUT2D eigenvalue weighted by Crippen LogP contribution is 2.60. The molecular formula is C135H184O13. The maximum Gasteiger partial charge on any atom is 0.231 e. The second kappa shape index (κ2) is 50.3. The van der Waals surface area contributed by atoms with E-state index in [9.17, 15) is 20.4 Å². The summed E-state index contributed by atoms with van der Waals surface area (Å²) in [7, 11) is 0. The van der Waals surface area contributed by atoms with Gasteiger partial charge in [0.15, 0.2) is 0 Å². The Labute approximate surface area is 896 Å². The zero-order chi connectivity index (χ0) is 111. The van der Waals surface area contributed by atoms with Crippen molar-refractivity contribution in [3.8, 4) is 141 Å². The molecule has 0 fully saturated rings. The van der Waals surface area contributed by atoms with Gasteiger partial charge in [-0.3, -0.25) is 0 Å². The normalized spacial score (nSPS) is 15.6. The molecule has 4 aromatic carbocycles. The highest BCUT2D eigenvalue weighted by Gasteiger charge is 2.44. The Kier molecular flexibility index (Phi) is 41.7. The molecule has 5 aliphatic rings. The molecule has 0 radical (unpaired) electrons. The number of benzene rings is 4. The third-order valence-corrected chi connectivity index (χ3v) is 27.4. The number of aliphatic hydroxyl groups excluding tert-OH is 1. The van der Waals surface area contributed by atoms with Gasteiger partial charge in [-0.05, 0) is 117 Å². The van der Waals surface area contributed by atoms with Gasteiger partial charge in [0, 0.05) is 118 Å². The smallest absolute Gasteiger partial charge is 0.231 e. The van der Waals surface area contributed by atoms with Crippen molar-refractivity contribution in [2.45, 2.75) is 451 Å². The summed E-state index contributed by atoms with van der Waals surface area (Å²) >= 11 is 0. The van der Waals surface area contributed by atoms with E-state index in [-0.39, 0.29) is 39.2 Å². The molecule has 13 nitrogen and oxygen atoms in total. The summed E-state index contributed by atoms with van der Waals surface area (Å²) in [5.41, 5.74) is 20.5. The van der Waals surface area contributed by atoms with Crippen LogP contribution in [0.5, 0.6) is 46.0 Å². The summed E-state index contributed by atoms with van der Waals surface area (Å²) in [6.45, 7) is 81.2. The van der Waals surface area contributed by atoms with Crippen LogP contribution >= 0.6 is 0 Å². The number of allylic oxidation sites excluding steroid dienone is 4. The van der Waals surface area contributed by atoms with E-state index in [1.165, 1.54) is 0 Å². The van der Waals surface area contributed by atoms with Crippen LogP contribution in [0, 0.1) is 149 Å². The Balaban J connectivity index is 0.00000319. The topological polar surface area (TPSA) is 175 Å². The van der Waals surface area contributed by atoms with Crippen LogP contribution in [0.3, 0.4) is 0 Å². The molecule has 1 aliphatic carbocycles. The fraction of sp³-hybridized carbons (Fsp3) is 0.615. The van der Waals surface area contributed by atoms with Crippen LogP contribution in [0.25, 0.3) is 0 Å². The first-order valence-corrected chi connectivity index (χ1v) is 55.0. The van der Waals surface area contributed by atoms with E-state index in [1.807, 2.05) is 0 Å². The third-order valence-electron chi connectivity index (χ3n) is 27.4. The standard InChI is InChI=1S/C128H168O12.C7H16O/c1-37-41-45-49-53-93-101-77-103-94(54-50-46-42-38-2)105-79-107-96(56-52-48-44-40-4)108-80-106-95(55-51-47-43-39-3)104-78-102(93)110-98(62-58-86(118(8,9)10)74-90(122(20,21)22)66-70-126(31,32)130)112(104)136-83-138-114(106)100(64-60-88(120(14,15)16)76-92(124(26,27)28)68-72-128(35,36)132)116(108)140-84-139-115(107)99(63-59-87(119(11,12)13)75-91(123(23,24)25)67-71-127(33,34)131)113(105)137-82-135-111(103)97(109(101)133-81-134-110)61-57-85(117(5,6)7)73-89(121(17,18)19)65-69-125(29,30)129;1-6(2)7(3,4)5-8/h77-80,93-96,129-132H,37-56,81-84H2,1-36H3;6,8H,5H2,1-4H3. The Bertz CT molecular complexity index is 5420. The van der Waals surface area contributed by atoms with Crippen molar-refractivity contribution in [1.82, 2.24) is 0 Å². The lowest BCUT2D eigenvalue weighted by Crippen LogP contribution is -2.25. The zero-order valence-electron chi connectivity index (χ0n) is 98.9. The molecule has 0 amide bonds. The number of hydrogen-bond acceptors (Lipinski definition) is 13. The lowest BCUT2D eigenvalue weighted by molar-refractivity contribution is 0.0972. The van der Waals surface area contributed by atoms with Gasteiger partial charge in [-0.25, -0.2) is 0 Å². The molecule has 5 N–H and O–H groups in total. The van der Waals surface area contributed by atoms with Gasteiger partial charge >= 0.3 is 0 Å². The summed E-state index contributed by atoms with van der Waals surface area (Å²) in [6.07, 6.45) is 17.5. The first-order chi connectivity index (χ1) is 68.4. The summed E-state index contributed by atoms with van der Waals surface area (Å²) < 4.78 is 60.9. The SMILES string of the molecule is CC(C)C(C)(C)CO.CCCCCCC1c2cc3c4c(C#CC(=C=C(C#CC(C)(C)O)C(C)(C)C)C(C)(C)C)c2OCOc2c1cc1c(c2C#CC(=C=C(C#CC(C)(C)O)C(C)(C)C)C(C)(C)C)OCOc2c(cc5c(c2C#CC(=C=C(C#CC(C)(C)O)C(C)(C)C)C(C)(C)C)OCOc2c(cc(c(c2C#CC(=C=C(C#CC(C)(C)O)C(C)(C)C)C(C)(C)C)OCO4)C3CCCCCC)C5CCCCCC)C1CCCCCC. The first kappa shape index (κ1) is 123. The number of hydrogen-bond donors (Lipinski definition) is 5. The van der Waals surface area contributed by atoms with Crippen LogP contribution in [0.4, 0.5) is 0 Å². The molecule has 13 heteroatoms. The van der Waals surface area contributed by atoms with Gasteiger partial charge in [0.05, 0.1) is 44.6 Å². The minimum Gasteiger partial charge on any atom is -0.456 e. The van der Waals surface area contributed by atoms with Crippen LogP contribution in [0.15, 0.2) is 91.8 Å². The molecule has 9 rings (SSSR count). The van der Waals surface area contributed by atoms with E-state index in [4.69, 9.17) is 43.0 Å². The molecule has 0 saturated carbocycles. The summed E-state index contributed by atoms with van der Waals surface area (Å²) in [5.74, 6) is 59.6. The van der Waals surface area contributed by atoms with Gasteiger partial charge in [-0.1, -0.05) is 442 Å². The maximum absolute atomic E-state index is 11.2. The fourth-order valence-electron chi connectivity index (χ4n) is 17.4. The van der Waals surface area contributed by atoms with Crippen molar-refractivity contribution in [1.29, 1.82) is 0 Å². The van der Waals surface area contributed by atoms with E-state index < -0.39 is 89.4 Å². The van der Waals surface area contributed by atoms with Gasteiger partial charge in [0.2, 0.25) is 27.2 Å². The summed E-state index contributed by atoms with van der Waals surface area (Å²) in [6, 6.07) is 9.61. The van der Waals surface area contributed by atoms with Crippen molar-refractivity contribution in [2.75, 3.05) is 33.8 Å². The summed E-state index contributed by atoms with van der Waals surface area (Å²) in [5, 5.41) is 53.7. The van der Waals surface area contributed by atoms with Crippen molar-refractivity contribution in [3.05, 3.63) is 159 Å². The van der Waals surface area contributed by atoms with Crippen molar-refractivity contribution < 1.29 is 63.4 Å². The molecule has 0 atom stereocenters. The zero-order valence-corrected chi connectivity index (χ0v) is 98.9. The average molecular weight is 2010 g/mol. The highest BCUT2D eigenvalue weighted by atomic mass is 16.7. The van der Waals surface area contributed by atoms with Gasteiger partial charge in [-0.15, -0.1) is 0 Å². The van der Waals surface area contributed by atoms with E-state index >= 15 is 0 Å². The molecule has 0 unspecified atom stereocenters. The lowest BCUT2D eigenvalue weighted by Gasteiger charge is -2.36. The van der Waals surface area contributed by atoms with Crippen LogP contribution in [-0.4, -0.2) is 81.7 Å². The minimum absolute atomic E-state index is 0.0972. The van der Waals surface area contributed by atoms with Crippen LogP contribution in [0.2, 0.25) is 0 Å². The van der Waals surface area contributed by atoms with Crippen molar-refractivity contribution in [3.63, 3.8) is 0 Å². The Morgan fingerprint density at radius 3 is 0.527 bits per heavy atom. The first-order valence-electron chi connectivity index (χ1n) is 55.0. The molecule has 0 spiro atoms. The largest absolute Gasteiger partial charge is 0.456 e. The molecule has 0 aromatic heterocycles. The van der Waals surface area contributed by atoms with Crippen LogP contribution < -0.4 is 37.9 Å².